The van der Waals surface area contributed by atoms with Gasteiger partial charge in [-0.05, 0) is 61.0 Å². The minimum atomic E-state index is -0.358. The highest BCUT2D eigenvalue weighted by Crippen LogP contribution is 2.21. The topological polar surface area (TPSA) is 87.3 Å². The number of aromatic nitrogens is 2. The van der Waals surface area contributed by atoms with Gasteiger partial charge in [0.25, 0.3) is 5.56 Å². The first-order chi connectivity index (χ1) is 16.0. The molecule has 0 aliphatic carbocycles. The van der Waals surface area contributed by atoms with Crippen LogP contribution < -0.4 is 15.6 Å². The zero-order valence-electron chi connectivity index (χ0n) is 18.0. The number of rotatable bonds is 7. The van der Waals surface area contributed by atoms with Crippen molar-refractivity contribution in [2.45, 2.75) is 20.0 Å². The number of nitrogens with zero attached hydrogens (tertiary/aromatic N) is 2. The predicted octanol–water partition coefficient (Wildman–Crippen LogP) is 5.21. The maximum absolute atomic E-state index is 13.2. The molecule has 0 saturated carbocycles. The number of benzene rings is 2. The predicted molar refractivity (Wildman–Crippen MR) is 130 cm³/mol. The highest BCUT2D eigenvalue weighted by Gasteiger charge is 2.17. The first-order valence-electron chi connectivity index (χ1n) is 10.5. The molecule has 8 heteroatoms. The molecule has 168 valence electrons. The highest BCUT2D eigenvalue weighted by atomic mass is 35.5. The van der Waals surface area contributed by atoms with Crippen LogP contribution in [0.2, 0.25) is 5.02 Å². The molecule has 0 unspecified atom stereocenters. The van der Waals surface area contributed by atoms with Gasteiger partial charge >= 0.3 is 6.03 Å². The normalized spacial score (nSPS) is 10.7. The van der Waals surface area contributed by atoms with Crippen molar-refractivity contribution in [1.82, 2.24) is 14.9 Å². The number of ether oxygens (including phenoxy) is 1. The molecule has 4 aromatic rings. The Morgan fingerprint density at radius 3 is 2.76 bits per heavy atom. The van der Waals surface area contributed by atoms with E-state index < -0.39 is 0 Å². The van der Waals surface area contributed by atoms with E-state index in [-0.39, 0.29) is 24.7 Å². The Balaban J connectivity index is 1.65. The Bertz CT molecular complexity index is 1320. The largest absolute Gasteiger partial charge is 0.494 e. The fourth-order valence-electron chi connectivity index (χ4n) is 3.49. The lowest BCUT2D eigenvalue weighted by Gasteiger charge is -2.23. The maximum Gasteiger partial charge on any atom is 0.322 e. The van der Waals surface area contributed by atoms with Crippen molar-refractivity contribution in [3.63, 3.8) is 0 Å². The number of H-pyrrole nitrogens is 1. The van der Waals surface area contributed by atoms with Crippen LogP contribution in [0.4, 0.5) is 10.5 Å². The number of pyridine rings is 2. The second-order valence-electron chi connectivity index (χ2n) is 7.46. The summed E-state index contributed by atoms with van der Waals surface area (Å²) in [6.45, 7) is 2.84. The SMILES string of the molecule is CCOc1ccc2[nH]c(=O)c(CN(Cc3cccnc3)C(=O)Nc3cccc(Cl)c3)cc2c1. The van der Waals surface area contributed by atoms with Crippen molar-refractivity contribution in [3.05, 3.63) is 99.6 Å². The molecule has 0 aliphatic rings. The summed E-state index contributed by atoms with van der Waals surface area (Å²) < 4.78 is 5.57. The van der Waals surface area contributed by atoms with E-state index in [2.05, 4.69) is 15.3 Å². The number of aromatic amines is 1. The van der Waals surface area contributed by atoms with E-state index in [9.17, 15) is 9.59 Å². The van der Waals surface area contributed by atoms with Crippen molar-refractivity contribution in [1.29, 1.82) is 0 Å². The van der Waals surface area contributed by atoms with Gasteiger partial charge in [0.1, 0.15) is 5.75 Å². The molecule has 7 nitrogen and oxygen atoms in total. The number of hydrogen-bond donors (Lipinski definition) is 2. The first kappa shape index (κ1) is 22.4. The minimum Gasteiger partial charge on any atom is -0.494 e. The van der Waals surface area contributed by atoms with E-state index in [0.717, 1.165) is 10.9 Å². The third-order valence-corrected chi connectivity index (χ3v) is 5.26. The summed E-state index contributed by atoms with van der Waals surface area (Å²) in [5.74, 6) is 0.717. The molecule has 0 aliphatic heterocycles. The lowest BCUT2D eigenvalue weighted by Crippen LogP contribution is -2.35. The van der Waals surface area contributed by atoms with Crippen LogP contribution in [0, 0.1) is 0 Å². The van der Waals surface area contributed by atoms with Gasteiger partial charge in [0, 0.05) is 46.1 Å². The number of fused-ring (bicyclic) bond motifs is 1. The quantitative estimate of drug-likeness (QED) is 0.394. The number of carbonyl (C=O) groups excluding carboxylic acids is 1. The summed E-state index contributed by atoms with van der Waals surface area (Å²) in [5.41, 5.74) is 2.32. The molecule has 2 amide bonds. The third-order valence-electron chi connectivity index (χ3n) is 5.02. The van der Waals surface area contributed by atoms with Gasteiger partial charge in [-0.15, -0.1) is 0 Å². The van der Waals surface area contributed by atoms with E-state index in [1.807, 2.05) is 31.2 Å². The smallest absolute Gasteiger partial charge is 0.322 e. The molecule has 0 bridgehead atoms. The van der Waals surface area contributed by atoms with Gasteiger partial charge in [-0.3, -0.25) is 9.78 Å². The molecule has 0 fully saturated rings. The molecule has 2 heterocycles. The lowest BCUT2D eigenvalue weighted by atomic mass is 10.1. The Kier molecular flexibility index (Phi) is 6.90. The summed E-state index contributed by atoms with van der Waals surface area (Å²) >= 11 is 6.05. The Labute approximate surface area is 196 Å². The Morgan fingerprint density at radius 1 is 1.12 bits per heavy atom. The lowest BCUT2D eigenvalue weighted by molar-refractivity contribution is 0.206. The van der Waals surface area contributed by atoms with Crippen LogP contribution in [0.3, 0.4) is 0 Å². The van der Waals surface area contributed by atoms with Gasteiger partial charge in [0.15, 0.2) is 0 Å². The van der Waals surface area contributed by atoms with Crippen LogP contribution in [0.25, 0.3) is 10.9 Å². The van der Waals surface area contributed by atoms with Crippen molar-refractivity contribution < 1.29 is 9.53 Å². The zero-order valence-corrected chi connectivity index (χ0v) is 18.8. The molecular weight excluding hydrogens is 440 g/mol. The molecule has 0 radical (unpaired) electrons. The van der Waals surface area contributed by atoms with Crippen LogP contribution in [-0.4, -0.2) is 27.5 Å². The van der Waals surface area contributed by atoms with Crippen LogP contribution in [0.1, 0.15) is 18.1 Å². The number of hydrogen-bond acceptors (Lipinski definition) is 4. The number of anilines is 1. The molecule has 0 saturated heterocycles. The van der Waals surface area contributed by atoms with Crippen LogP contribution in [0.15, 0.2) is 77.9 Å². The van der Waals surface area contributed by atoms with Gasteiger partial charge in [-0.2, -0.15) is 0 Å². The average Bonchev–Trinajstić information content (AvgIpc) is 2.80. The minimum absolute atomic E-state index is 0.103. The van der Waals surface area contributed by atoms with Gasteiger partial charge in [0.2, 0.25) is 0 Å². The van der Waals surface area contributed by atoms with Crippen molar-refractivity contribution in [2.75, 3.05) is 11.9 Å². The van der Waals surface area contributed by atoms with Crippen LogP contribution in [0.5, 0.6) is 5.75 Å². The molecule has 33 heavy (non-hydrogen) atoms. The Morgan fingerprint density at radius 2 is 2.00 bits per heavy atom. The van der Waals surface area contributed by atoms with Crippen molar-refractivity contribution in [2.24, 2.45) is 0 Å². The first-order valence-corrected chi connectivity index (χ1v) is 10.9. The molecule has 0 atom stereocenters. The van der Waals surface area contributed by atoms with E-state index in [1.165, 1.54) is 0 Å². The monoisotopic (exact) mass is 462 g/mol. The summed E-state index contributed by atoms with van der Waals surface area (Å²) in [5, 5.41) is 4.20. The van der Waals surface area contributed by atoms with Gasteiger partial charge in [-0.1, -0.05) is 23.7 Å². The second kappa shape index (κ2) is 10.2. The molecular formula is C25H23ClN4O3. The van der Waals surface area contributed by atoms with Crippen LogP contribution >= 0.6 is 11.6 Å². The fraction of sp³-hybridized carbons (Fsp3) is 0.160. The maximum atomic E-state index is 13.2. The summed E-state index contributed by atoms with van der Waals surface area (Å²) in [6, 6.07) is 17.5. The number of carbonyl (C=O) groups is 1. The van der Waals surface area contributed by atoms with Crippen LogP contribution in [-0.2, 0) is 13.1 Å². The second-order valence-corrected chi connectivity index (χ2v) is 7.90. The van der Waals surface area contributed by atoms with Gasteiger partial charge < -0.3 is 19.9 Å². The van der Waals surface area contributed by atoms with Gasteiger partial charge in [0.05, 0.1) is 13.2 Å². The molecule has 2 N–H and O–H groups in total. The van der Waals surface area contributed by atoms with E-state index in [1.54, 1.807) is 53.7 Å². The summed E-state index contributed by atoms with van der Waals surface area (Å²) in [6.07, 6.45) is 3.36. The van der Waals surface area contributed by atoms with Crippen molar-refractivity contribution in [3.8, 4) is 5.75 Å². The third kappa shape index (κ3) is 5.70. The summed E-state index contributed by atoms with van der Waals surface area (Å²) in [7, 11) is 0. The summed E-state index contributed by atoms with van der Waals surface area (Å²) in [4.78, 5) is 34.5. The molecule has 2 aromatic heterocycles. The Hall–Kier alpha value is -3.84. The molecule has 4 rings (SSSR count). The average molecular weight is 463 g/mol. The highest BCUT2D eigenvalue weighted by molar-refractivity contribution is 6.30. The van der Waals surface area contributed by atoms with Crippen molar-refractivity contribution >= 4 is 34.2 Å². The number of urea groups is 1. The van der Waals surface area contributed by atoms with E-state index in [0.29, 0.717) is 34.1 Å². The number of halogens is 1. The van der Waals surface area contributed by atoms with Gasteiger partial charge in [-0.25, -0.2) is 4.79 Å². The standard InChI is InChI=1S/C25H23ClN4O3/c1-2-33-22-8-9-23-18(12-22)11-19(24(31)29-23)16-30(15-17-5-4-10-27-14-17)25(32)28-21-7-3-6-20(26)13-21/h3-14H,2,15-16H2,1H3,(H,28,32)(H,29,31). The van der Waals surface area contributed by atoms with E-state index in [4.69, 9.17) is 16.3 Å². The number of nitrogens with one attached hydrogen (secondary N) is 2. The zero-order chi connectivity index (χ0) is 23.2. The molecule has 0 spiro atoms. The fourth-order valence-corrected chi connectivity index (χ4v) is 3.68. The molecule has 2 aromatic carbocycles. The number of amides is 2. The van der Waals surface area contributed by atoms with E-state index >= 15 is 0 Å².